The molecule has 2 rings (SSSR count). The Hall–Kier alpha value is -0.540. The van der Waals surface area contributed by atoms with Gasteiger partial charge in [0.25, 0.3) is 0 Å². The van der Waals surface area contributed by atoms with Crippen LogP contribution in [0.5, 0.6) is 0 Å². The van der Waals surface area contributed by atoms with Crippen molar-refractivity contribution in [1.82, 2.24) is 0 Å². The van der Waals surface area contributed by atoms with Gasteiger partial charge >= 0.3 is 0 Å². The Morgan fingerprint density at radius 1 is 1.36 bits per heavy atom. The van der Waals surface area contributed by atoms with Crippen LogP contribution >= 0.6 is 15.9 Å². The van der Waals surface area contributed by atoms with Gasteiger partial charge in [-0.05, 0) is 47.0 Å². The molecule has 0 atom stereocenters. The van der Waals surface area contributed by atoms with E-state index in [1.807, 2.05) is 0 Å². The zero-order valence-electron chi connectivity index (χ0n) is 8.43. The summed E-state index contributed by atoms with van der Waals surface area (Å²) < 4.78 is 6.27. The molecule has 0 bridgehead atoms. The van der Waals surface area contributed by atoms with E-state index in [0.29, 0.717) is 6.04 Å². The number of anilines is 1. The number of nitrogens with one attached hydrogen (secondary N) is 1. The van der Waals surface area contributed by atoms with Crippen molar-refractivity contribution in [1.29, 1.82) is 0 Å². The van der Waals surface area contributed by atoms with Gasteiger partial charge < -0.3 is 10.1 Å². The van der Waals surface area contributed by atoms with Crippen LogP contribution in [0.15, 0.2) is 16.6 Å². The van der Waals surface area contributed by atoms with E-state index >= 15 is 0 Å². The van der Waals surface area contributed by atoms with Gasteiger partial charge in [-0.15, -0.1) is 0 Å². The minimum absolute atomic E-state index is 0.479. The second-order valence-corrected chi connectivity index (χ2v) is 4.67. The number of rotatable bonds is 2. The molecule has 2 nitrogen and oxygen atoms in total. The first-order valence-electron chi connectivity index (χ1n) is 4.78. The van der Waals surface area contributed by atoms with Crippen LogP contribution in [0.3, 0.4) is 0 Å². The first kappa shape index (κ1) is 9.99. The minimum atomic E-state index is 0.479. The molecule has 1 aromatic rings. The molecule has 1 aliphatic rings. The van der Waals surface area contributed by atoms with E-state index in [4.69, 9.17) is 4.74 Å². The van der Waals surface area contributed by atoms with Crippen LogP contribution in [0.25, 0.3) is 0 Å². The highest BCUT2D eigenvalue weighted by molar-refractivity contribution is 9.10. The van der Waals surface area contributed by atoms with Gasteiger partial charge in [-0.1, -0.05) is 6.07 Å². The molecular weight excluding hydrogens is 242 g/mol. The fraction of sp³-hybridized carbons (Fsp3) is 0.455. The van der Waals surface area contributed by atoms with E-state index in [-0.39, 0.29) is 0 Å². The Kier molecular flexibility index (Phi) is 2.79. The number of benzene rings is 1. The number of ether oxygens (including phenoxy) is 1. The second-order valence-electron chi connectivity index (χ2n) is 3.82. The Balaban J connectivity index is 2.22. The zero-order valence-corrected chi connectivity index (χ0v) is 10.0. The smallest absolute Gasteiger partial charge is 0.0729 e. The van der Waals surface area contributed by atoms with Crippen molar-refractivity contribution in [2.24, 2.45) is 0 Å². The summed E-state index contributed by atoms with van der Waals surface area (Å²) in [6.45, 7) is 5.87. The predicted octanol–water partition coefficient (Wildman–Crippen LogP) is 2.88. The predicted molar refractivity (Wildman–Crippen MR) is 61.8 cm³/mol. The van der Waals surface area contributed by atoms with Crippen molar-refractivity contribution in [2.45, 2.75) is 19.9 Å². The maximum absolute atomic E-state index is 5.13. The fourth-order valence-electron chi connectivity index (χ4n) is 1.62. The lowest BCUT2D eigenvalue weighted by atomic mass is 10.1. The summed E-state index contributed by atoms with van der Waals surface area (Å²) in [5, 5.41) is 3.47. The lowest BCUT2D eigenvalue weighted by Crippen LogP contribution is -2.40. The van der Waals surface area contributed by atoms with E-state index in [1.165, 1.54) is 16.8 Å². The van der Waals surface area contributed by atoms with E-state index in [1.54, 1.807) is 0 Å². The molecule has 1 N–H and O–H groups in total. The Bertz CT molecular complexity index is 324. The van der Waals surface area contributed by atoms with E-state index < -0.39 is 0 Å². The summed E-state index contributed by atoms with van der Waals surface area (Å²) in [4.78, 5) is 0. The SMILES string of the molecule is Cc1cc(C)c(NC2COC2)c(Br)c1. The third-order valence-corrected chi connectivity index (χ3v) is 3.04. The fourth-order valence-corrected chi connectivity index (χ4v) is 2.41. The summed E-state index contributed by atoms with van der Waals surface area (Å²) in [6.07, 6.45) is 0. The van der Waals surface area contributed by atoms with Crippen LogP contribution in [0.1, 0.15) is 11.1 Å². The van der Waals surface area contributed by atoms with Crippen LogP contribution in [-0.2, 0) is 4.74 Å². The van der Waals surface area contributed by atoms with Crippen molar-refractivity contribution in [3.8, 4) is 0 Å². The Labute approximate surface area is 92.8 Å². The standard InChI is InChI=1S/C11H14BrNO/c1-7-3-8(2)11(10(12)4-7)13-9-5-14-6-9/h3-4,9,13H,5-6H2,1-2H3. The highest BCUT2D eigenvalue weighted by atomic mass is 79.9. The van der Waals surface area contributed by atoms with Gasteiger partial charge in [0.15, 0.2) is 0 Å². The van der Waals surface area contributed by atoms with Crippen molar-refractivity contribution in [2.75, 3.05) is 18.5 Å². The first-order valence-corrected chi connectivity index (χ1v) is 5.57. The molecule has 0 radical (unpaired) electrons. The topological polar surface area (TPSA) is 21.3 Å². The molecule has 0 amide bonds. The maximum atomic E-state index is 5.13. The lowest BCUT2D eigenvalue weighted by Gasteiger charge is -2.29. The highest BCUT2D eigenvalue weighted by Gasteiger charge is 2.19. The molecule has 1 fully saturated rings. The van der Waals surface area contributed by atoms with Gasteiger partial charge in [0.05, 0.1) is 24.9 Å². The first-order chi connectivity index (χ1) is 6.66. The molecule has 0 spiro atoms. The molecule has 0 aliphatic carbocycles. The monoisotopic (exact) mass is 255 g/mol. The summed E-state index contributed by atoms with van der Waals surface area (Å²) in [6, 6.07) is 4.80. The number of aryl methyl sites for hydroxylation is 2. The number of hydrogen-bond donors (Lipinski definition) is 1. The molecule has 0 saturated carbocycles. The molecule has 76 valence electrons. The van der Waals surface area contributed by atoms with Gasteiger partial charge in [0.2, 0.25) is 0 Å². The summed E-state index contributed by atoms with van der Waals surface area (Å²) in [5.41, 5.74) is 3.76. The third kappa shape index (κ3) is 1.93. The quantitative estimate of drug-likeness (QED) is 0.878. The van der Waals surface area contributed by atoms with Crippen molar-refractivity contribution >= 4 is 21.6 Å². The van der Waals surface area contributed by atoms with Crippen LogP contribution in [0.2, 0.25) is 0 Å². The van der Waals surface area contributed by atoms with Gasteiger partial charge in [0.1, 0.15) is 0 Å². The number of hydrogen-bond acceptors (Lipinski definition) is 2. The van der Waals surface area contributed by atoms with E-state index in [0.717, 1.165) is 17.7 Å². The van der Waals surface area contributed by atoms with Crippen molar-refractivity contribution < 1.29 is 4.74 Å². The molecule has 0 unspecified atom stereocenters. The van der Waals surface area contributed by atoms with Crippen molar-refractivity contribution in [3.63, 3.8) is 0 Å². The average Bonchev–Trinajstić information content (AvgIpc) is 1.98. The summed E-state index contributed by atoms with van der Waals surface area (Å²) in [5.74, 6) is 0. The summed E-state index contributed by atoms with van der Waals surface area (Å²) in [7, 11) is 0. The van der Waals surface area contributed by atoms with E-state index in [9.17, 15) is 0 Å². The molecule has 1 aromatic carbocycles. The van der Waals surface area contributed by atoms with Gasteiger partial charge in [-0.3, -0.25) is 0 Å². The minimum Gasteiger partial charge on any atom is -0.377 e. The maximum Gasteiger partial charge on any atom is 0.0729 e. The van der Waals surface area contributed by atoms with Gasteiger partial charge in [0, 0.05) is 4.47 Å². The Morgan fingerprint density at radius 3 is 2.57 bits per heavy atom. The van der Waals surface area contributed by atoms with Gasteiger partial charge in [-0.25, -0.2) is 0 Å². The Morgan fingerprint density at radius 2 is 2.07 bits per heavy atom. The van der Waals surface area contributed by atoms with Crippen LogP contribution < -0.4 is 5.32 Å². The van der Waals surface area contributed by atoms with E-state index in [2.05, 4.69) is 47.2 Å². The van der Waals surface area contributed by atoms with Crippen LogP contribution in [-0.4, -0.2) is 19.3 Å². The van der Waals surface area contributed by atoms with Gasteiger partial charge in [-0.2, -0.15) is 0 Å². The normalized spacial score (nSPS) is 16.5. The molecule has 1 heterocycles. The second kappa shape index (κ2) is 3.91. The molecular formula is C11H14BrNO. The lowest BCUT2D eigenvalue weighted by molar-refractivity contribution is 0.0210. The molecule has 3 heteroatoms. The van der Waals surface area contributed by atoms with Crippen LogP contribution in [0, 0.1) is 13.8 Å². The zero-order chi connectivity index (χ0) is 10.1. The van der Waals surface area contributed by atoms with Crippen molar-refractivity contribution in [3.05, 3.63) is 27.7 Å². The molecule has 0 aromatic heterocycles. The molecule has 14 heavy (non-hydrogen) atoms. The largest absolute Gasteiger partial charge is 0.377 e. The van der Waals surface area contributed by atoms with Crippen LogP contribution in [0.4, 0.5) is 5.69 Å². The average molecular weight is 256 g/mol. The highest BCUT2D eigenvalue weighted by Crippen LogP contribution is 2.29. The molecule has 1 saturated heterocycles. The molecule has 1 aliphatic heterocycles. The number of halogens is 1. The third-order valence-electron chi connectivity index (χ3n) is 2.42. The summed E-state index contributed by atoms with van der Waals surface area (Å²) >= 11 is 3.58.